The van der Waals surface area contributed by atoms with Gasteiger partial charge in [-0.25, -0.2) is 4.98 Å². The summed E-state index contributed by atoms with van der Waals surface area (Å²) in [4.78, 5) is 29.7. The van der Waals surface area contributed by atoms with E-state index in [1.54, 1.807) is 24.3 Å². The van der Waals surface area contributed by atoms with Crippen LogP contribution in [0, 0.1) is 0 Å². The molecule has 0 atom stereocenters. The first-order valence-corrected chi connectivity index (χ1v) is 11.9. The topological polar surface area (TPSA) is 97.4 Å². The van der Waals surface area contributed by atoms with Crippen molar-refractivity contribution in [3.8, 4) is 0 Å². The van der Waals surface area contributed by atoms with Gasteiger partial charge < -0.3 is 19.5 Å². The summed E-state index contributed by atoms with van der Waals surface area (Å²) >= 11 is 1.45. The first-order chi connectivity index (χ1) is 17.2. The standard InChI is InChI=1S/C27H21N3O4S/c31-25(28-16-18-7-5-9-20(15-18)29-26(32)24-13-6-14-33-24)21-10-2-1-8-19(21)17-35-27-30-22-11-3-4-12-23(22)34-27/h1-15H,16-17H2,(H,28,31)(H,29,32). The van der Waals surface area contributed by atoms with Crippen molar-refractivity contribution in [3.05, 3.63) is 114 Å². The highest BCUT2D eigenvalue weighted by Crippen LogP contribution is 2.27. The lowest BCUT2D eigenvalue weighted by Gasteiger charge is -2.11. The highest BCUT2D eigenvalue weighted by atomic mass is 32.2. The van der Waals surface area contributed by atoms with Gasteiger partial charge in [0.15, 0.2) is 11.3 Å². The molecule has 0 aliphatic carbocycles. The summed E-state index contributed by atoms with van der Waals surface area (Å²) in [6, 6.07) is 25.6. The Balaban J connectivity index is 1.21. The minimum atomic E-state index is -0.332. The zero-order valence-corrected chi connectivity index (χ0v) is 19.4. The molecule has 2 heterocycles. The smallest absolute Gasteiger partial charge is 0.291 e. The molecule has 7 nitrogen and oxygen atoms in total. The van der Waals surface area contributed by atoms with E-state index in [-0.39, 0.29) is 17.6 Å². The van der Waals surface area contributed by atoms with Gasteiger partial charge in [0, 0.05) is 23.5 Å². The molecule has 0 aliphatic heterocycles. The van der Waals surface area contributed by atoms with Crippen molar-refractivity contribution < 1.29 is 18.4 Å². The molecule has 0 spiro atoms. The first-order valence-electron chi connectivity index (χ1n) is 10.9. The van der Waals surface area contributed by atoms with Gasteiger partial charge in [-0.05, 0) is 53.6 Å². The SMILES string of the molecule is O=C(Nc1cccc(CNC(=O)c2ccccc2CSc2nc3ccccc3o2)c1)c1ccco1. The fourth-order valence-electron chi connectivity index (χ4n) is 3.56. The van der Waals surface area contributed by atoms with Crippen molar-refractivity contribution in [2.45, 2.75) is 17.5 Å². The second kappa shape index (κ2) is 10.3. The van der Waals surface area contributed by atoms with Crippen molar-refractivity contribution >= 4 is 40.4 Å². The number of amides is 2. The predicted octanol–water partition coefficient (Wildman–Crippen LogP) is 5.90. The van der Waals surface area contributed by atoms with Gasteiger partial charge in [-0.15, -0.1) is 0 Å². The Morgan fingerprint density at radius 3 is 2.60 bits per heavy atom. The Morgan fingerprint density at radius 2 is 1.74 bits per heavy atom. The Bertz CT molecular complexity index is 1440. The molecule has 8 heteroatoms. The van der Waals surface area contributed by atoms with Gasteiger partial charge in [0.05, 0.1) is 6.26 Å². The number of rotatable bonds is 8. The number of benzene rings is 3. The van der Waals surface area contributed by atoms with Crippen molar-refractivity contribution in [2.75, 3.05) is 5.32 Å². The lowest BCUT2D eigenvalue weighted by atomic mass is 10.1. The maximum absolute atomic E-state index is 13.0. The number of hydrogen-bond acceptors (Lipinski definition) is 6. The molecule has 5 rings (SSSR count). The molecule has 2 aromatic heterocycles. The van der Waals surface area contributed by atoms with E-state index in [1.807, 2.05) is 60.7 Å². The molecule has 2 N–H and O–H groups in total. The predicted molar refractivity (Wildman–Crippen MR) is 134 cm³/mol. The van der Waals surface area contributed by atoms with Crippen molar-refractivity contribution in [2.24, 2.45) is 0 Å². The molecular weight excluding hydrogens is 462 g/mol. The van der Waals surface area contributed by atoms with Gasteiger partial charge in [0.25, 0.3) is 17.0 Å². The van der Waals surface area contributed by atoms with Gasteiger partial charge in [-0.2, -0.15) is 0 Å². The number of furan rings is 1. The van der Waals surface area contributed by atoms with Gasteiger partial charge >= 0.3 is 0 Å². The summed E-state index contributed by atoms with van der Waals surface area (Å²) in [6.45, 7) is 0.315. The van der Waals surface area contributed by atoms with Crippen molar-refractivity contribution in [3.63, 3.8) is 0 Å². The number of fused-ring (bicyclic) bond motifs is 1. The molecule has 0 bridgehead atoms. The van der Waals surface area contributed by atoms with Crippen LogP contribution >= 0.6 is 11.8 Å². The van der Waals surface area contributed by atoms with E-state index in [9.17, 15) is 9.59 Å². The molecule has 0 saturated carbocycles. The number of oxazole rings is 1. The van der Waals surface area contributed by atoms with Crippen LogP contribution in [0.5, 0.6) is 0 Å². The molecule has 0 unspecified atom stereocenters. The largest absolute Gasteiger partial charge is 0.459 e. The fourth-order valence-corrected chi connectivity index (χ4v) is 4.40. The van der Waals surface area contributed by atoms with E-state index in [0.29, 0.717) is 28.8 Å². The van der Waals surface area contributed by atoms with E-state index in [0.717, 1.165) is 22.2 Å². The zero-order valence-electron chi connectivity index (χ0n) is 18.6. The van der Waals surface area contributed by atoms with E-state index in [2.05, 4.69) is 15.6 Å². The van der Waals surface area contributed by atoms with Crippen LogP contribution in [-0.2, 0) is 12.3 Å². The lowest BCUT2D eigenvalue weighted by molar-refractivity contribution is 0.0948. The Labute approximate surface area is 205 Å². The van der Waals surface area contributed by atoms with Crippen LogP contribution in [0.15, 0.2) is 105 Å². The minimum Gasteiger partial charge on any atom is -0.459 e. The third-order valence-electron chi connectivity index (χ3n) is 5.27. The van der Waals surface area contributed by atoms with Gasteiger partial charge in [-0.3, -0.25) is 9.59 Å². The van der Waals surface area contributed by atoms with E-state index in [1.165, 1.54) is 18.0 Å². The molecule has 0 aliphatic rings. The Kier molecular flexibility index (Phi) is 6.63. The zero-order chi connectivity index (χ0) is 24.0. The molecule has 0 fully saturated rings. The summed E-state index contributed by atoms with van der Waals surface area (Å²) in [6.07, 6.45) is 1.45. The molecule has 174 valence electrons. The monoisotopic (exact) mass is 483 g/mol. The fraction of sp³-hybridized carbons (Fsp3) is 0.0741. The Hall–Kier alpha value is -4.30. The van der Waals surface area contributed by atoms with Crippen LogP contribution in [0.3, 0.4) is 0 Å². The summed E-state index contributed by atoms with van der Waals surface area (Å²) in [5.74, 6) is 0.270. The minimum absolute atomic E-state index is 0.177. The van der Waals surface area contributed by atoms with Crippen molar-refractivity contribution in [1.29, 1.82) is 0 Å². The normalized spacial score (nSPS) is 10.9. The maximum atomic E-state index is 13.0. The number of carbonyl (C=O) groups is 2. The third kappa shape index (κ3) is 5.44. The quantitative estimate of drug-likeness (QED) is 0.267. The highest BCUT2D eigenvalue weighted by Gasteiger charge is 2.14. The molecule has 5 aromatic rings. The van der Waals surface area contributed by atoms with Crippen LogP contribution in [0.4, 0.5) is 5.69 Å². The van der Waals surface area contributed by atoms with Crippen LogP contribution in [0.2, 0.25) is 0 Å². The number of aromatic nitrogens is 1. The number of nitrogens with one attached hydrogen (secondary N) is 2. The first kappa shape index (κ1) is 22.5. The summed E-state index contributed by atoms with van der Waals surface area (Å²) in [7, 11) is 0. The molecule has 0 radical (unpaired) electrons. The number of hydrogen-bond donors (Lipinski definition) is 2. The number of nitrogens with zero attached hydrogens (tertiary/aromatic N) is 1. The average molecular weight is 484 g/mol. The molecule has 35 heavy (non-hydrogen) atoms. The number of anilines is 1. The van der Waals surface area contributed by atoms with E-state index >= 15 is 0 Å². The molecule has 2 amide bonds. The second-order valence-electron chi connectivity index (χ2n) is 7.71. The summed E-state index contributed by atoms with van der Waals surface area (Å²) in [5, 5.41) is 6.32. The van der Waals surface area contributed by atoms with E-state index in [4.69, 9.17) is 8.83 Å². The van der Waals surface area contributed by atoms with Gasteiger partial charge in [-0.1, -0.05) is 54.2 Å². The second-order valence-corrected chi connectivity index (χ2v) is 8.63. The summed E-state index contributed by atoms with van der Waals surface area (Å²) < 4.78 is 10.9. The van der Waals surface area contributed by atoms with Crippen LogP contribution < -0.4 is 10.6 Å². The number of thioether (sulfide) groups is 1. The van der Waals surface area contributed by atoms with Gasteiger partial charge in [0.1, 0.15) is 5.52 Å². The van der Waals surface area contributed by atoms with Crippen LogP contribution in [0.25, 0.3) is 11.1 Å². The maximum Gasteiger partial charge on any atom is 0.291 e. The molecular formula is C27H21N3O4S. The third-order valence-corrected chi connectivity index (χ3v) is 6.15. The molecule has 3 aromatic carbocycles. The number of carbonyl (C=O) groups excluding carboxylic acids is 2. The van der Waals surface area contributed by atoms with Crippen LogP contribution in [-0.4, -0.2) is 16.8 Å². The summed E-state index contributed by atoms with van der Waals surface area (Å²) in [5.41, 5.74) is 4.50. The average Bonchev–Trinajstić information content (AvgIpc) is 3.57. The van der Waals surface area contributed by atoms with Gasteiger partial charge in [0.2, 0.25) is 0 Å². The number of para-hydroxylation sites is 2. The van der Waals surface area contributed by atoms with Crippen LogP contribution in [0.1, 0.15) is 32.0 Å². The molecule has 0 saturated heterocycles. The van der Waals surface area contributed by atoms with E-state index < -0.39 is 0 Å². The highest BCUT2D eigenvalue weighted by molar-refractivity contribution is 7.98. The Morgan fingerprint density at radius 1 is 0.886 bits per heavy atom. The van der Waals surface area contributed by atoms with Crippen molar-refractivity contribution in [1.82, 2.24) is 10.3 Å². The lowest BCUT2D eigenvalue weighted by Crippen LogP contribution is -2.24.